The van der Waals surface area contributed by atoms with Gasteiger partial charge >= 0.3 is 6.18 Å². The summed E-state index contributed by atoms with van der Waals surface area (Å²) in [4.78, 5) is 19.7. The molecule has 0 aliphatic heterocycles. The quantitative estimate of drug-likeness (QED) is 0.626. The summed E-state index contributed by atoms with van der Waals surface area (Å²) in [5.74, 6) is -2.83. The number of anilines is 3. The van der Waals surface area contributed by atoms with E-state index < -0.39 is 35.0 Å². The molecule has 0 spiro atoms. The van der Waals surface area contributed by atoms with Crippen LogP contribution in [0, 0.1) is 11.6 Å². The van der Waals surface area contributed by atoms with Crippen molar-refractivity contribution in [3.63, 3.8) is 0 Å². The van der Waals surface area contributed by atoms with E-state index in [1.54, 1.807) is 0 Å². The van der Waals surface area contributed by atoms with E-state index in [9.17, 15) is 26.7 Å². The molecule has 10 heteroatoms. The standard InChI is InChI=1S/C18H11F5N4O/c19-12-5-2-6-13(20)16(12)27-17(28)14-8-15(25-9-24-14)26-11-4-1-3-10(7-11)18(21,22)23/h1-9H,(H,27,28)(H,24,25,26). The third-order valence-electron chi connectivity index (χ3n) is 3.56. The van der Waals surface area contributed by atoms with E-state index in [1.807, 2.05) is 0 Å². The lowest BCUT2D eigenvalue weighted by Gasteiger charge is -2.11. The molecule has 5 nitrogen and oxygen atoms in total. The molecule has 1 heterocycles. The first kappa shape index (κ1) is 19.2. The number of amides is 1. The van der Waals surface area contributed by atoms with Crippen LogP contribution in [0.1, 0.15) is 16.1 Å². The van der Waals surface area contributed by atoms with E-state index in [2.05, 4.69) is 20.6 Å². The van der Waals surface area contributed by atoms with E-state index >= 15 is 0 Å². The fourth-order valence-electron chi connectivity index (χ4n) is 2.27. The molecular weight excluding hydrogens is 383 g/mol. The Balaban J connectivity index is 1.80. The number of halogens is 5. The first-order valence-electron chi connectivity index (χ1n) is 7.76. The molecule has 28 heavy (non-hydrogen) atoms. The van der Waals surface area contributed by atoms with E-state index in [4.69, 9.17) is 0 Å². The van der Waals surface area contributed by atoms with Crippen LogP contribution in [0.2, 0.25) is 0 Å². The number of hydrogen-bond acceptors (Lipinski definition) is 4. The molecule has 0 unspecified atom stereocenters. The normalized spacial score (nSPS) is 11.2. The summed E-state index contributed by atoms with van der Waals surface area (Å²) in [6.07, 6.45) is -3.53. The predicted octanol–water partition coefficient (Wildman–Crippen LogP) is 4.77. The maximum Gasteiger partial charge on any atom is 0.416 e. The van der Waals surface area contributed by atoms with Gasteiger partial charge in [0.15, 0.2) is 0 Å². The van der Waals surface area contributed by atoms with Crippen molar-refractivity contribution in [3.05, 3.63) is 77.8 Å². The Bertz CT molecular complexity index is 1000. The smallest absolute Gasteiger partial charge is 0.340 e. The number of hydrogen-bond donors (Lipinski definition) is 2. The summed E-state index contributed by atoms with van der Waals surface area (Å²) in [6.45, 7) is 0. The van der Waals surface area contributed by atoms with Crippen molar-refractivity contribution in [2.24, 2.45) is 0 Å². The fourth-order valence-corrected chi connectivity index (χ4v) is 2.27. The molecule has 3 rings (SSSR count). The Hall–Kier alpha value is -3.56. The number of carbonyl (C=O) groups excluding carboxylic acids is 1. The number of rotatable bonds is 4. The van der Waals surface area contributed by atoms with Gasteiger partial charge in [-0.25, -0.2) is 18.7 Å². The molecule has 1 amide bonds. The van der Waals surface area contributed by atoms with Gasteiger partial charge < -0.3 is 10.6 Å². The van der Waals surface area contributed by atoms with Gasteiger partial charge in [0.25, 0.3) is 5.91 Å². The lowest BCUT2D eigenvalue weighted by molar-refractivity contribution is -0.137. The molecule has 2 aromatic carbocycles. The van der Waals surface area contributed by atoms with Gasteiger partial charge in [-0.05, 0) is 30.3 Å². The number of para-hydroxylation sites is 1. The van der Waals surface area contributed by atoms with Crippen LogP contribution < -0.4 is 10.6 Å². The highest BCUT2D eigenvalue weighted by atomic mass is 19.4. The van der Waals surface area contributed by atoms with Crippen LogP contribution in [0.3, 0.4) is 0 Å². The molecule has 0 saturated heterocycles. The molecule has 2 N–H and O–H groups in total. The summed E-state index contributed by atoms with van der Waals surface area (Å²) in [5.41, 5.74) is -1.66. The molecule has 0 bridgehead atoms. The highest BCUT2D eigenvalue weighted by molar-refractivity contribution is 6.03. The average molecular weight is 394 g/mol. The molecule has 1 aromatic heterocycles. The first-order valence-corrected chi connectivity index (χ1v) is 7.76. The monoisotopic (exact) mass is 394 g/mol. The van der Waals surface area contributed by atoms with Crippen LogP contribution in [0.15, 0.2) is 54.9 Å². The maximum atomic E-state index is 13.6. The minimum atomic E-state index is -4.52. The summed E-state index contributed by atoms with van der Waals surface area (Å²) in [6, 6.07) is 8.59. The van der Waals surface area contributed by atoms with Gasteiger partial charge in [-0.15, -0.1) is 0 Å². The highest BCUT2D eigenvalue weighted by Gasteiger charge is 2.30. The number of carbonyl (C=O) groups is 1. The van der Waals surface area contributed by atoms with Crippen molar-refractivity contribution in [1.29, 1.82) is 0 Å². The predicted molar refractivity (Wildman–Crippen MR) is 91.1 cm³/mol. The molecule has 0 atom stereocenters. The minimum absolute atomic E-state index is 0.0217. The van der Waals surface area contributed by atoms with Gasteiger partial charge in [0.05, 0.1) is 5.56 Å². The summed E-state index contributed by atoms with van der Waals surface area (Å²) in [7, 11) is 0. The van der Waals surface area contributed by atoms with Gasteiger partial charge in [0, 0.05) is 11.8 Å². The SMILES string of the molecule is O=C(Nc1c(F)cccc1F)c1cc(Nc2cccc(C(F)(F)F)c2)ncn1. The molecule has 0 aliphatic carbocycles. The number of alkyl halides is 3. The maximum absolute atomic E-state index is 13.6. The zero-order valence-electron chi connectivity index (χ0n) is 13.9. The van der Waals surface area contributed by atoms with Crippen LogP contribution in [-0.4, -0.2) is 15.9 Å². The fraction of sp³-hybridized carbons (Fsp3) is 0.0556. The average Bonchev–Trinajstić information content (AvgIpc) is 2.64. The van der Waals surface area contributed by atoms with Crippen LogP contribution in [0.4, 0.5) is 39.1 Å². The van der Waals surface area contributed by atoms with Gasteiger partial charge in [0.2, 0.25) is 0 Å². The Morgan fingerprint density at radius 2 is 1.61 bits per heavy atom. The largest absolute Gasteiger partial charge is 0.416 e. The zero-order chi connectivity index (χ0) is 20.3. The summed E-state index contributed by atoms with van der Waals surface area (Å²) in [5, 5.41) is 4.68. The van der Waals surface area contributed by atoms with Gasteiger partial charge in [-0.3, -0.25) is 4.79 Å². The summed E-state index contributed by atoms with van der Waals surface area (Å²) >= 11 is 0. The second-order valence-corrected chi connectivity index (χ2v) is 5.54. The van der Waals surface area contributed by atoms with Crippen molar-refractivity contribution >= 4 is 23.1 Å². The molecule has 0 saturated carbocycles. The Morgan fingerprint density at radius 3 is 2.29 bits per heavy atom. The number of nitrogens with one attached hydrogen (secondary N) is 2. The van der Waals surface area contributed by atoms with Crippen molar-refractivity contribution in [3.8, 4) is 0 Å². The van der Waals surface area contributed by atoms with Crippen LogP contribution >= 0.6 is 0 Å². The van der Waals surface area contributed by atoms with Crippen LogP contribution in [0.25, 0.3) is 0 Å². The van der Waals surface area contributed by atoms with Gasteiger partial charge in [-0.1, -0.05) is 12.1 Å². The zero-order valence-corrected chi connectivity index (χ0v) is 13.9. The lowest BCUT2D eigenvalue weighted by Crippen LogP contribution is -2.16. The molecular formula is C18H11F5N4O. The number of aromatic nitrogens is 2. The second-order valence-electron chi connectivity index (χ2n) is 5.54. The van der Waals surface area contributed by atoms with Gasteiger partial charge in [-0.2, -0.15) is 13.2 Å². The Kier molecular flexibility index (Phi) is 5.21. The molecule has 0 radical (unpaired) electrons. The third kappa shape index (κ3) is 4.40. The first-order chi connectivity index (χ1) is 13.2. The van der Waals surface area contributed by atoms with Crippen molar-refractivity contribution in [2.45, 2.75) is 6.18 Å². The van der Waals surface area contributed by atoms with E-state index in [0.717, 1.165) is 42.7 Å². The van der Waals surface area contributed by atoms with Gasteiger partial charge in [0.1, 0.15) is 35.2 Å². The lowest BCUT2D eigenvalue weighted by atomic mass is 10.2. The van der Waals surface area contributed by atoms with E-state index in [-0.39, 0.29) is 17.2 Å². The molecule has 0 aliphatic rings. The van der Waals surface area contributed by atoms with E-state index in [1.165, 1.54) is 12.1 Å². The molecule has 0 fully saturated rings. The summed E-state index contributed by atoms with van der Waals surface area (Å²) < 4.78 is 65.6. The Labute approximate surface area is 155 Å². The second kappa shape index (κ2) is 7.59. The third-order valence-corrected chi connectivity index (χ3v) is 3.56. The topological polar surface area (TPSA) is 66.9 Å². The van der Waals surface area contributed by atoms with Crippen molar-refractivity contribution in [2.75, 3.05) is 10.6 Å². The van der Waals surface area contributed by atoms with Crippen LogP contribution in [0.5, 0.6) is 0 Å². The Morgan fingerprint density at radius 1 is 0.929 bits per heavy atom. The molecule has 144 valence electrons. The van der Waals surface area contributed by atoms with Crippen molar-refractivity contribution < 1.29 is 26.7 Å². The van der Waals surface area contributed by atoms with Crippen molar-refractivity contribution in [1.82, 2.24) is 9.97 Å². The molecule has 3 aromatic rings. The van der Waals surface area contributed by atoms with E-state index in [0.29, 0.717) is 0 Å². The van der Waals surface area contributed by atoms with Crippen LogP contribution in [-0.2, 0) is 6.18 Å². The number of nitrogens with zero attached hydrogens (tertiary/aromatic N) is 2. The number of benzene rings is 2. The highest BCUT2D eigenvalue weighted by Crippen LogP contribution is 2.31. The minimum Gasteiger partial charge on any atom is -0.340 e.